The first-order valence-corrected chi connectivity index (χ1v) is 11.9. The van der Waals surface area contributed by atoms with Crippen molar-refractivity contribution in [2.24, 2.45) is 5.73 Å². The molecule has 1 saturated heterocycles. The van der Waals surface area contributed by atoms with Crippen molar-refractivity contribution in [3.8, 4) is 22.4 Å². The van der Waals surface area contributed by atoms with Gasteiger partial charge < -0.3 is 15.2 Å². The molecule has 0 unspecified atom stereocenters. The smallest absolute Gasteiger partial charge is 0.260 e. The van der Waals surface area contributed by atoms with Crippen molar-refractivity contribution in [1.29, 1.82) is 0 Å². The second-order valence-electron chi connectivity index (χ2n) is 8.71. The highest BCUT2D eigenvalue weighted by Gasteiger charge is 2.21. The molecular weight excluding hydrogens is 466 g/mol. The van der Waals surface area contributed by atoms with Gasteiger partial charge in [0.15, 0.2) is 6.29 Å². The molecule has 0 amide bonds. The number of ether oxygens (including phenoxy) is 2. The number of nitrogens with two attached hydrogens (primary N) is 1. The van der Waals surface area contributed by atoms with Gasteiger partial charge in [-0.1, -0.05) is 29.8 Å². The molecule has 0 aliphatic carbocycles. The summed E-state index contributed by atoms with van der Waals surface area (Å²) in [5.41, 5.74) is 9.95. The molecule has 1 aliphatic rings. The summed E-state index contributed by atoms with van der Waals surface area (Å²) >= 11 is 6.71. The van der Waals surface area contributed by atoms with E-state index in [1.807, 2.05) is 43.3 Å². The van der Waals surface area contributed by atoms with Crippen LogP contribution in [0.1, 0.15) is 17.9 Å². The van der Waals surface area contributed by atoms with Gasteiger partial charge in [0.25, 0.3) is 5.56 Å². The minimum absolute atomic E-state index is 0.131. The topological polar surface area (TPSA) is 105 Å². The predicted molar refractivity (Wildman–Crippen MR) is 135 cm³/mol. The van der Waals surface area contributed by atoms with Crippen LogP contribution in [0.25, 0.3) is 33.4 Å². The van der Waals surface area contributed by atoms with Crippen LogP contribution in [0.15, 0.2) is 53.5 Å². The van der Waals surface area contributed by atoms with E-state index >= 15 is 0 Å². The maximum Gasteiger partial charge on any atom is 0.260 e. The van der Waals surface area contributed by atoms with Crippen LogP contribution in [0.4, 0.5) is 0 Å². The van der Waals surface area contributed by atoms with Crippen LogP contribution in [-0.2, 0) is 16.0 Å². The number of benzene rings is 1. The van der Waals surface area contributed by atoms with E-state index in [0.29, 0.717) is 53.8 Å². The molecular formula is C26H26ClN5O3. The molecule has 9 heteroatoms. The van der Waals surface area contributed by atoms with Gasteiger partial charge >= 0.3 is 0 Å². The fraction of sp³-hybridized carbons (Fsp3) is 0.308. The lowest BCUT2D eigenvalue weighted by Gasteiger charge is -2.27. The summed E-state index contributed by atoms with van der Waals surface area (Å²) in [4.78, 5) is 27.1. The monoisotopic (exact) mass is 491 g/mol. The first-order chi connectivity index (χ1) is 16.9. The van der Waals surface area contributed by atoms with E-state index in [-0.39, 0.29) is 11.6 Å². The first-order valence-electron chi connectivity index (χ1n) is 11.5. The Morgan fingerprint density at radius 3 is 2.63 bits per heavy atom. The fourth-order valence-electron chi connectivity index (χ4n) is 4.20. The maximum atomic E-state index is 13.7. The largest absolute Gasteiger partial charge is 0.351 e. The Kier molecular flexibility index (Phi) is 6.62. The zero-order valence-corrected chi connectivity index (χ0v) is 20.3. The highest BCUT2D eigenvalue weighted by Crippen LogP contribution is 2.31. The Bertz CT molecular complexity index is 1450. The number of halogens is 1. The number of aromatic nitrogens is 4. The van der Waals surface area contributed by atoms with Gasteiger partial charge in [-0.05, 0) is 38.1 Å². The highest BCUT2D eigenvalue weighted by molar-refractivity contribution is 6.33. The molecule has 2 N–H and O–H groups in total. The minimum Gasteiger partial charge on any atom is -0.351 e. The van der Waals surface area contributed by atoms with Gasteiger partial charge in [0.2, 0.25) is 0 Å². The number of fused-ring (bicyclic) bond motifs is 1. The van der Waals surface area contributed by atoms with Crippen molar-refractivity contribution in [3.63, 3.8) is 0 Å². The van der Waals surface area contributed by atoms with Gasteiger partial charge in [-0.25, -0.2) is 9.97 Å². The van der Waals surface area contributed by atoms with Crippen molar-refractivity contribution in [2.45, 2.75) is 39.1 Å². The SMILES string of the molecule is Cc1cccc(-c2ccc(-c3cc4cnc(C)nc4n(CCC4OCC(N)CO4)c3=O)c(Cl)c2)n1. The third-order valence-electron chi connectivity index (χ3n) is 5.97. The van der Waals surface area contributed by atoms with E-state index in [0.717, 1.165) is 22.3 Å². The lowest BCUT2D eigenvalue weighted by atomic mass is 10.0. The van der Waals surface area contributed by atoms with Crippen molar-refractivity contribution in [2.75, 3.05) is 13.2 Å². The summed E-state index contributed by atoms with van der Waals surface area (Å²) in [7, 11) is 0. The molecule has 0 saturated carbocycles. The van der Waals surface area contributed by atoms with Crippen molar-refractivity contribution < 1.29 is 9.47 Å². The van der Waals surface area contributed by atoms with Crippen LogP contribution < -0.4 is 11.3 Å². The Labute approximate surface area is 207 Å². The standard InChI is InChI=1S/C26H26ClN5O3/c1-15-4-3-5-23(30-15)17-6-7-20(22(27)11-17)21-10-18-12-29-16(2)31-25(18)32(26(21)33)9-8-24-34-13-19(28)14-35-24/h3-7,10-12,19,24H,8-9,13-14,28H2,1-2H3. The van der Waals surface area contributed by atoms with E-state index in [4.69, 9.17) is 26.8 Å². The quantitative estimate of drug-likeness (QED) is 0.451. The molecule has 3 aromatic heterocycles. The van der Waals surface area contributed by atoms with Crippen molar-refractivity contribution in [3.05, 3.63) is 75.6 Å². The summed E-state index contributed by atoms with van der Waals surface area (Å²) in [6.07, 6.45) is 1.79. The molecule has 8 nitrogen and oxygen atoms in total. The summed E-state index contributed by atoms with van der Waals surface area (Å²) in [6.45, 7) is 4.96. The summed E-state index contributed by atoms with van der Waals surface area (Å²) in [5, 5.41) is 1.22. The van der Waals surface area contributed by atoms with Gasteiger partial charge in [0.05, 0.1) is 24.9 Å². The van der Waals surface area contributed by atoms with Gasteiger partial charge in [0.1, 0.15) is 11.5 Å². The molecule has 1 fully saturated rings. The number of rotatable bonds is 5. The van der Waals surface area contributed by atoms with E-state index in [1.54, 1.807) is 23.8 Å². The first kappa shape index (κ1) is 23.6. The molecule has 0 spiro atoms. The van der Waals surface area contributed by atoms with Crippen molar-refractivity contribution >= 4 is 22.6 Å². The molecule has 1 aliphatic heterocycles. The number of hydrogen-bond acceptors (Lipinski definition) is 7. The Morgan fingerprint density at radius 1 is 1.09 bits per heavy atom. The summed E-state index contributed by atoms with van der Waals surface area (Å²) in [5.74, 6) is 0.586. The molecule has 4 aromatic rings. The van der Waals surface area contributed by atoms with Gasteiger partial charge in [0, 0.05) is 52.0 Å². The number of hydrogen-bond donors (Lipinski definition) is 1. The van der Waals surface area contributed by atoms with Crippen LogP contribution >= 0.6 is 11.6 Å². The zero-order chi connectivity index (χ0) is 24.5. The minimum atomic E-state index is -0.423. The molecule has 0 radical (unpaired) electrons. The van der Waals surface area contributed by atoms with Gasteiger partial charge in [-0.2, -0.15) is 0 Å². The van der Waals surface area contributed by atoms with E-state index in [2.05, 4.69) is 15.0 Å². The molecule has 180 valence electrons. The van der Waals surface area contributed by atoms with Crippen LogP contribution in [0, 0.1) is 13.8 Å². The van der Waals surface area contributed by atoms with Gasteiger partial charge in [-0.3, -0.25) is 14.3 Å². The fourth-order valence-corrected chi connectivity index (χ4v) is 4.48. The van der Waals surface area contributed by atoms with Crippen molar-refractivity contribution in [1.82, 2.24) is 19.5 Å². The highest BCUT2D eigenvalue weighted by atomic mass is 35.5. The lowest BCUT2D eigenvalue weighted by molar-refractivity contribution is -0.189. The summed E-state index contributed by atoms with van der Waals surface area (Å²) < 4.78 is 13.0. The molecule has 0 atom stereocenters. The molecule has 1 aromatic carbocycles. The normalized spacial score (nSPS) is 18.2. The average Bonchev–Trinajstić information content (AvgIpc) is 2.84. The van der Waals surface area contributed by atoms with E-state index in [9.17, 15) is 4.79 Å². The Hall–Kier alpha value is -3.17. The third kappa shape index (κ3) is 4.97. The summed E-state index contributed by atoms with van der Waals surface area (Å²) in [6, 6.07) is 13.1. The zero-order valence-electron chi connectivity index (χ0n) is 19.6. The van der Waals surface area contributed by atoms with Crippen LogP contribution in [0.3, 0.4) is 0 Å². The third-order valence-corrected chi connectivity index (χ3v) is 6.28. The van der Waals surface area contributed by atoms with Crippen LogP contribution in [0.2, 0.25) is 5.02 Å². The van der Waals surface area contributed by atoms with E-state index in [1.165, 1.54) is 0 Å². The lowest BCUT2D eigenvalue weighted by Crippen LogP contribution is -2.41. The van der Waals surface area contributed by atoms with Crippen LogP contribution in [-0.4, -0.2) is 45.1 Å². The number of pyridine rings is 2. The Morgan fingerprint density at radius 2 is 1.89 bits per heavy atom. The predicted octanol–water partition coefficient (Wildman–Crippen LogP) is 3.88. The molecule has 5 rings (SSSR count). The molecule has 0 bridgehead atoms. The number of nitrogens with zero attached hydrogens (tertiary/aromatic N) is 4. The van der Waals surface area contributed by atoms with Crippen LogP contribution in [0.5, 0.6) is 0 Å². The average molecular weight is 492 g/mol. The van der Waals surface area contributed by atoms with Gasteiger partial charge in [-0.15, -0.1) is 0 Å². The second kappa shape index (κ2) is 9.83. The van der Waals surface area contributed by atoms with E-state index < -0.39 is 6.29 Å². The molecule has 4 heterocycles. The number of aryl methyl sites for hydroxylation is 3. The maximum absolute atomic E-state index is 13.7. The second-order valence-corrected chi connectivity index (χ2v) is 9.12. The Balaban J connectivity index is 1.55. The molecule has 35 heavy (non-hydrogen) atoms.